The lowest BCUT2D eigenvalue weighted by molar-refractivity contribution is -0.205. The molecule has 0 spiro atoms. The molecule has 10 atom stereocenters. The lowest BCUT2D eigenvalue weighted by Gasteiger charge is -2.53. The fourth-order valence-electron chi connectivity index (χ4n) is 10.2. The lowest BCUT2D eigenvalue weighted by atomic mass is 10.00. The highest BCUT2D eigenvalue weighted by atomic mass is 32.2. The smallest absolute Gasteiger partial charge is 0.305 e. The maximum Gasteiger partial charge on any atom is 0.305 e. The summed E-state index contributed by atoms with van der Waals surface area (Å²) in [6, 6.07) is 0. The highest BCUT2D eigenvalue weighted by molar-refractivity contribution is 8.00. The van der Waals surface area contributed by atoms with Gasteiger partial charge in [-0.15, -0.1) is 0 Å². The Bertz CT molecular complexity index is 1540. The molecule has 0 amide bonds. The number of hydrogen-bond donors (Lipinski definition) is 0. The second-order valence-electron chi connectivity index (χ2n) is 30.0. The average Bonchev–Trinajstić information content (AvgIpc) is 3.27. The normalized spacial score (nSPS) is 24.9. The van der Waals surface area contributed by atoms with Crippen molar-refractivity contribution >= 4 is 73.6 Å². The van der Waals surface area contributed by atoms with E-state index in [4.69, 9.17) is 45.5 Å². The zero-order valence-electron chi connectivity index (χ0n) is 55.2. The Hall–Kier alpha value is 0.271. The molecule has 0 aliphatic carbocycles. The minimum Gasteiger partial charge on any atom is -0.463 e. The largest absolute Gasteiger partial charge is 0.463 e. The molecule has 12 nitrogen and oxygen atoms in total. The second-order valence-corrected chi connectivity index (χ2v) is 58.0. The molecular weight excluding hydrogens is 1110 g/mol. The SMILES string of the molecule is CC(C)CCCCCCCCCCCC(=O)OC[C@H]1O[C@H](S[C@H]2O[C@H](COC(=O)CCCCCCCCCCCC(C)C)[C@@H](O[Si](C)(C)C)[C@H](O[Si](C)(C)C)[C@H]2O[Si](C)(C)C)[C@H](O[Si](C)(C)C)[C@@H](O[Si](C)(C)C)[C@@H]1O[Si](C)(C)C. The molecular formula is C60H126O12SSi6. The molecule has 0 unspecified atom stereocenters. The van der Waals surface area contributed by atoms with Gasteiger partial charge in [-0.25, -0.2) is 0 Å². The summed E-state index contributed by atoms with van der Waals surface area (Å²) < 4.78 is 70.5. The van der Waals surface area contributed by atoms with E-state index in [1.54, 1.807) is 0 Å². The van der Waals surface area contributed by atoms with Crippen LogP contribution in [-0.2, 0) is 55.1 Å². The van der Waals surface area contributed by atoms with Gasteiger partial charge in [0.05, 0.1) is 0 Å². The quantitative estimate of drug-likeness (QED) is 0.0327. The van der Waals surface area contributed by atoms with Crippen molar-refractivity contribution in [3.05, 3.63) is 0 Å². The van der Waals surface area contributed by atoms with Gasteiger partial charge in [-0.05, 0) is 143 Å². The number of thioether (sulfide) groups is 1. The molecule has 2 rings (SSSR count). The van der Waals surface area contributed by atoms with Crippen LogP contribution in [-0.4, -0.2) is 135 Å². The lowest BCUT2D eigenvalue weighted by Crippen LogP contribution is -2.67. The van der Waals surface area contributed by atoms with Crippen molar-refractivity contribution in [3.63, 3.8) is 0 Å². The number of ether oxygens (including phenoxy) is 4. The van der Waals surface area contributed by atoms with E-state index in [0.29, 0.717) is 12.8 Å². The summed E-state index contributed by atoms with van der Waals surface area (Å²) in [5.74, 6) is 1.14. The Kier molecular flexibility index (Phi) is 34.8. The maximum absolute atomic E-state index is 13.6. The molecule has 2 fully saturated rings. The van der Waals surface area contributed by atoms with Gasteiger partial charge in [-0.2, -0.15) is 0 Å². The van der Waals surface area contributed by atoms with Gasteiger partial charge in [0.1, 0.15) is 72.9 Å². The van der Waals surface area contributed by atoms with E-state index in [-0.39, 0.29) is 25.2 Å². The van der Waals surface area contributed by atoms with Gasteiger partial charge >= 0.3 is 11.9 Å². The number of hydrogen-bond acceptors (Lipinski definition) is 13. The van der Waals surface area contributed by atoms with Gasteiger partial charge in [0.2, 0.25) is 0 Å². The minimum atomic E-state index is -2.31. The van der Waals surface area contributed by atoms with Crippen molar-refractivity contribution in [2.24, 2.45) is 11.8 Å². The molecule has 0 N–H and O–H groups in total. The van der Waals surface area contributed by atoms with Crippen LogP contribution in [0.15, 0.2) is 0 Å². The van der Waals surface area contributed by atoms with Crippen LogP contribution in [0.2, 0.25) is 118 Å². The Morgan fingerprint density at radius 1 is 0.342 bits per heavy atom. The summed E-state index contributed by atoms with van der Waals surface area (Å²) in [6.45, 7) is 48.8. The Morgan fingerprint density at radius 2 is 0.570 bits per heavy atom. The first kappa shape index (κ1) is 75.4. The summed E-state index contributed by atoms with van der Waals surface area (Å²) in [7, 11) is -13.7. The van der Waals surface area contributed by atoms with Crippen LogP contribution < -0.4 is 0 Å². The van der Waals surface area contributed by atoms with E-state index in [1.165, 1.54) is 102 Å². The Morgan fingerprint density at radius 3 is 0.823 bits per heavy atom. The predicted octanol–water partition coefficient (Wildman–Crippen LogP) is 17.5. The third-order valence-electron chi connectivity index (χ3n) is 13.5. The summed E-state index contributed by atoms with van der Waals surface area (Å²) in [5, 5.41) is 0. The van der Waals surface area contributed by atoms with Gasteiger partial charge in [-0.3, -0.25) is 9.59 Å². The van der Waals surface area contributed by atoms with Gasteiger partial charge in [0, 0.05) is 12.8 Å². The van der Waals surface area contributed by atoms with Crippen molar-refractivity contribution in [3.8, 4) is 0 Å². The van der Waals surface area contributed by atoms with E-state index in [9.17, 15) is 9.59 Å². The molecule has 79 heavy (non-hydrogen) atoms. The predicted molar refractivity (Wildman–Crippen MR) is 347 cm³/mol. The van der Waals surface area contributed by atoms with Crippen molar-refractivity contribution in [1.29, 1.82) is 0 Å². The summed E-state index contributed by atoms with van der Waals surface area (Å²) >= 11 is 1.53. The first-order valence-corrected chi connectivity index (χ1v) is 53.2. The first-order chi connectivity index (χ1) is 36.4. The van der Waals surface area contributed by atoms with Crippen molar-refractivity contribution in [2.75, 3.05) is 13.2 Å². The van der Waals surface area contributed by atoms with E-state index < -0.39 is 110 Å². The van der Waals surface area contributed by atoms with Crippen LogP contribution >= 0.6 is 11.8 Å². The minimum absolute atomic E-state index is 0.0259. The fraction of sp³-hybridized carbons (Fsp3) is 0.967. The van der Waals surface area contributed by atoms with Crippen molar-refractivity contribution in [1.82, 2.24) is 0 Å². The number of unbranched alkanes of at least 4 members (excludes halogenated alkanes) is 16. The molecule has 0 aromatic heterocycles. The van der Waals surface area contributed by atoms with E-state index in [2.05, 4.69) is 146 Å². The van der Waals surface area contributed by atoms with Crippen LogP contribution in [0.5, 0.6) is 0 Å². The third kappa shape index (κ3) is 36.1. The zero-order chi connectivity index (χ0) is 59.8. The standard InChI is InChI=1S/C60H126O12SSi6/c1-47(2)41-37-33-29-25-23-27-31-35-39-43-51(61)63-45-49-53(67-74(5,6)7)55(69-76(11,12)13)57(71-78(17,18)19)59(65-49)73-60-58(72-79(20,21)22)56(70-77(14,15)16)54(68-75(8,9)10)50(66-60)46-64-52(62)44-40-36-32-28-24-26-30-34-38-42-48(3)4/h47-50,53-60H,23-46H2,1-22H3/t49-,50-,53-,54-,55+,56+,57-,58-,59-,60-/m1/s1. The van der Waals surface area contributed by atoms with Gasteiger partial charge < -0.3 is 45.5 Å². The number of rotatable bonds is 42. The molecule has 0 bridgehead atoms. The summed E-state index contributed by atoms with van der Waals surface area (Å²) in [5.41, 5.74) is -1.30. The van der Waals surface area contributed by atoms with Gasteiger partial charge in [0.25, 0.3) is 0 Å². The zero-order valence-corrected chi connectivity index (χ0v) is 62.0. The fourth-order valence-corrected chi connectivity index (χ4v) is 18.4. The molecule has 468 valence electrons. The number of esters is 2. The van der Waals surface area contributed by atoms with E-state index >= 15 is 0 Å². The molecule has 0 aromatic carbocycles. The van der Waals surface area contributed by atoms with Crippen LogP contribution in [0.4, 0.5) is 0 Å². The highest BCUT2D eigenvalue weighted by Gasteiger charge is 2.57. The first-order valence-electron chi connectivity index (χ1n) is 31.8. The van der Waals surface area contributed by atoms with Crippen LogP contribution in [0.1, 0.15) is 169 Å². The van der Waals surface area contributed by atoms with E-state index in [0.717, 1.165) is 50.4 Å². The summed E-state index contributed by atoms with van der Waals surface area (Å²) in [6.07, 6.45) is 20.2. The molecule has 2 saturated heterocycles. The topological polar surface area (TPSA) is 126 Å². The third-order valence-corrected chi connectivity index (χ3v) is 20.7. The van der Waals surface area contributed by atoms with E-state index in [1.807, 2.05) is 0 Å². The molecule has 2 aliphatic rings. The Balaban J connectivity index is 2.51. The Labute approximate surface area is 497 Å². The number of carbonyl (C=O) groups is 2. The van der Waals surface area contributed by atoms with Crippen molar-refractivity contribution in [2.45, 2.75) is 347 Å². The number of carbonyl (C=O) groups excluding carboxylic acids is 2. The van der Waals surface area contributed by atoms with Crippen molar-refractivity contribution < 1.29 is 55.1 Å². The molecule has 2 aliphatic heterocycles. The van der Waals surface area contributed by atoms with Gasteiger partial charge in [0.15, 0.2) is 49.9 Å². The molecule has 2 heterocycles. The van der Waals surface area contributed by atoms with Crippen LogP contribution in [0.25, 0.3) is 0 Å². The highest BCUT2D eigenvalue weighted by Crippen LogP contribution is 2.44. The summed E-state index contributed by atoms with van der Waals surface area (Å²) in [4.78, 5) is 27.3. The molecule has 0 radical (unpaired) electrons. The molecule has 0 aromatic rings. The molecule has 0 saturated carbocycles. The van der Waals surface area contributed by atoms with Crippen LogP contribution in [0.3, 0.4) is 0 Å². The van der Waals surface area contributed by atoms with Crippen LogP contribution in [0, 0.1) is 11.8 Å². The molecule has 19 heteroatoms. The average molecular weight is 1240 g/mol. The maximum atomic E-state index is 13.6. The monoisotopic (exact) mass is 1240 g/mol. The van der Waals surface area contributed by atoms with Gasteiger partial charge in [-0.1, -0.05) is 155 Å². The second kappa shape index (κ2) is 36.4.